The highest BCUT2D eigenvalue weighted by Gasteiger charge is 2.13. The minimum absolute atomic E-state index is 0.150. The number of aromatic nitrogens is 1. The number of nitrogens with one attached hydrogen (secondary N) is 1. The smallest absolute Gasteiger partial charge is 0.407 e. The van der Waals surface area contributed by atoms with Crippen LogP contribution < -0.4 is 5.32 Å². The van der Waals surface area contributed by atoms with Crippen LogP contribution in [0.1, 0.15) is 11.1 Å². The molecule has 1 unspecified atom stereocenters. The molecule has 21 heavy (non-hydrogen) atoms. The van der Waals surface area contributed by atoms with Gasteiger partial charge < -0.3 is 15.2 Å². The van der Waals surface area contributed by atoms with Gasteiger partial charge in [-0.15, -0.1) is 0 Å². The van der Waals surface area contributed by atoms with Gasteiger partial charge in [0, 0.05) is 12.4 Å². The van der Waals surface area contributed by atoms with E-state index in [4.69, 9.17) is 4.74 Å². The molecular weight excluding hydrogens is 268 g/mol. The lowest BCUT2D eigenvalue weighted by Gasteiger charge is -2.16. The van der Waals surface area contributed by atoms with Crippen molar-refractivity contribution < 1.29 is 14.6 Å². The minimum atomic E-state index is -0.535. The summed E-state index contributed by atoms with van der Waals surface area (Å²) < 4.78 is 5.12. The Morgan fingerprint density at radius 2 is 1.86 bits per heavy atom. The number of hydrogen-bond acceptors (Lipinski definition) is 4. The number of carbonyl (C=O) groups excluding carboxylic acids is 1. The van der Waals surface area contributed by atoms with Gasteiger partial charge in [0.15, 0.2) is 0 Å². The van der Waals surface area contributed by atoms with Crippen molar-refractivity contribution >= 4 is 6.09 Å². The van der Waals surface area contributed by atoms with Gasteiger partial charge in [0.2, 0.25) is 0 Å². The molecule has 2 N–H and O–H groups in total. The van der Waals surface area contributed by atoms with E-state index in [-0.39, 0.29) is 19.3 Å². The second kappa shape index (κ2) is 8.01. The van der Waals surface area contributed by atoms with Crippen molar-refractivity contribution in [3.63, 3.8) is 0 Å². The molecule has 0 radical (unpaired) electrons. The van der Waals surface area contributed by atoms with E-state index in [9.17, 15) is 9.90 Å². The van der Waals surface area contributed by atoms with Crippen molar-refractivity contribution in [2.75, 3.05) is 6.61 Å². The van der Waals surface area contributed by atoms with Gasteiger partial charge in [0.1, 0.15) is 6.61 Å². The first-order chi connectivity index (χ1) is 10.3. The number of ether oxygens (including phenoxy) is 1. The monoisotopic (exact) mass is 286 g/mol. The highest BCUT2D eigenvalue weighted by atomic mass is 16.5. The minimum Gasteiger partial charge on any atom is -0.445 e. The maximum absolute atomic E-state index is 11.7. The molecule has 0 fully saturated rings. The van der Waals surface area contributed by atoms with Crippen molar-refractivity contribution in [1.82, 2.24) is 10.3 Å². The van der Waals surface area contributed by atoms with E-state index in [2.05, 4.69) is 10.3 Å². The molecule has 2 rings (SSSR count). The number of benzene rings is 1. The van der Waals surface area contributed by atoms with Crippen LogP contribution in [-0.4, -0.2) is 28.8 Å². The third-order valence-corrected chi connectivity index (χ3v) is 2.99. The summed E-state index contributed by atoms with van der Waals surface area (Å²) in [4.78, 5) is 15.6. The maximum atomic E-state index is 11.7. The SMILES string of the molecule is O=C(NC(CO)Cc1ccncc1)OCc1ccccc1. The summed E-state index contributed by atoms with van der Waals surface area (Å²) in [7, 11) is 0. The maximum Gasteiger partial charge on any atom is 0.407 e. The van der Waals surface area contributed by atoms with Crippen LogP contribution in [0, 0.1) is 0 Å². The van der Waals surface area contributed by atoms with Crippen LogP contribution in [0.25, 0.3) is 0 Å². The third-order valence-electron chi connectivity index (χ3n) is 2.99. The summed E-state index contributed by atoms with van der Waals surface area (Å²) in [5.74, 6) is 0. The molecule has 0 aliphatic carbocycles. The average molecular weight is 286 g/mol. The normalized spacial score (nSPS) is 11.7. The Labute approximate surface area is 123 Å². The van der Waals surface area contributed by atoms with Gasteiger partial charge in [-0.2, -0.15) is 0 Å². The molecule has 1 aromatic carbocycles. The molecule has 0 aliphatic rings. The lowest BCUT2D eigenvalue weighted by Crippen LogP contribution is -2.39. The second-order valence-corrected chi connectivity index (χ2v) is 4.65. The van der Waals surface area contributed by atoms with Crippen molar-refractivity contribution in [2.45, 2.75) is 19.1 Å². The summed E-state index contributed by atoms with van der Waals surface area (Å²) in [6.07, 6.45) is 3.35. The van der Waals surface area contributed by atoms with Crippen LogP contribution in [0.2, 0.25) is 0 Å². The van der Waals surface area contributed by atoms with Gasteiger partial charge in [-0.1, -0.05) is 30.3 Å². The number of hydrogen-bond donors (Lipinski definition) is 2. The number of rotatable bonds is 6. The number of aliphatic hydroxyl groups is 1. The van der Waals surface area contributed by atoms with Crippen molar-refractivity contribution in [3.8, 4) is 0 Å². The standard InChI is InChI=1S/C16H18N2O3/c19-11-15(10-13-6-8-17-9-7-13)18-16(20)21-12-14-4-2-1-3-5-14/h1-9,15,19H,10-12H2,(H,18,20). The zero-order valence-electron chi connectivity index (χ0n) is 11.6. The molecule has 1 heterocycles. The predicted molar refractivity (Wildman–Crippen MR) is 78.6 cm³/mol. The molecule has 0 spiro atoms. The van der Waals surface area contributed by atoms with Gasteiger partial charge in [0.05, 0.1) is 12.6 Å². The Balaban J connectivity index is 1.80. The largest absolute Gasteiger partial charge is 0.445 e. The second-order valence-electron chi connectivity index (χ2n) is 4.65. The summed E-state index contributed by atoms with van der Waals surface area (Å²) in [5, 5.41) is 12.0. The number of aliphatic hydroxyl groups excluding tert-OH is 1. The highest BCUT2D eigenvalue weighted by molar-refractivity contribution is 5.67. The first kappa shape index (κ1) is 15.0. The molecule has 2 aromatic rings. The lowest BCUT2D eigenvalue weighted by molar-refractivity contribution is 0.129. The molecule has 1 atom stereocenters. The number of carbonyl (C=O) groups is 1. The first-order valence-electron chi connectivity index (χ1n) is 6.75. The molecule has 5 nitrogen and oxygen atoms in total. The molecule has 0 bridgehead atoms. The zero-order valence-corrected chi connectivity index (χ0v) is 11.6. The van der Waals surface area contributed by atoms with Crippen molar-refractivity contribution in [2.24, 2.45) is 0 Å². The van der Waals surface area contributed by atoms with E-state index in [0.29, 0.717) is 6.42 Å². The molecule has 0 aliphatic heterocycles. The lowest BCUT2D eigenvalue weighted by atomic mass is 10.1. The average Bonchev–Trinajstić information content (AvgIpc) is 2.54. The van der Waals surface area contributed by atoms with E-state index in [1.165, 1.54) is 0 Å². The van der Waals surface area contributed by atoms with Crippen LogP contribution in [0.4, 0.5) is 4.79 Å². The fourth-order valence-electron chi connectivity index (χ4n) is 1.90. The summed E-state index contributed by atoms with van der Waals surface area (Å²) in [5.41, 5.74) is 1.91. The Morgan fingerprint density at radius 1 is 1.14 bits per heavy atom. The molecule has 0 saturated carbocycles. The number of alkyl carbamates (subject to hydrolysis) is 1. The molecule has 1 amide bonds. The summed E-state index contributed by atoms with van der Waals surface area (Å²) in [6, 6.07) is 12.8. The Kier molecular flexibility index (Phi) is 5.72. The zero-order chi connectivity index (χ0) is 14.9. The molecule has 1 aromatic heterocycles. The van der Waals surface area contributed by atoms with Crippen molar-refractivity contribution in [3.05, 3.63) is 66.0 Å². The fourth-order valence-corrected chi connectivity index (χ4v) is 1.90. The third kappa shape index (κ3) is 5.24. The number of amides is 1. The van der Waals surface area contributed by atoms with E-state index in [0.717, 1.165) is 11.1 Å². The molecular formula is C16H18N2O3. The van der Waals surface area contributed by atoms with Crippen molar-refractivity contribution in [1.29, 1.82) is 0 Å². The van der Waals surface area contributed by atoms with Crippen LogP contribution in [0.3, 0.4) is 0 Å². The predicted octanol–water partition coefficient (Wildman–Crippen LogP) is 1.91. The van der Waals surface area contributed by atoms with Gasteiger partial charge in [-0.05, 0) is 29.7 Å². The van der Waals surface area contributed by atoms with E-state index in [1.807, 2.05) is 42.5 Å². The van der Waals surface area contributed by atoms with E-state index in [1.54, 1.807) is 12.4 Å². The summed E-state index contributed by atoms with van der Waals surface area (Å²) >= 11 is 0. The first-order valence-corrected chi connectivity index (χ1v) is 6.75. The molecule has 0 saturated heterocycles. The topological polar surface area (TPSA) is 71.5 Å². The van der Waals surface area contributed by atoms with Gasteiger partial charge >= 0.3 is 6.09 Å². The highest BCUT2D eigenvalue weighted by Crippen LogP contribution is 2.03. The van der Waals surface area contributed by atoms with Gasteiger partial charge in [-0.25, -0.2) is 4.79 Å². The number of pyridine rings is 1. The Bertz CT molecular complexity index is 546. The van der Waals surface area contributed by atoms with Gasteiger partial charge in [-0.3, -0.25) is 4.98 Å². The fraction of sp³-hybridized carbons (Fsp3) is 0.250. The van der Waals surface area contributed by atoms with Crippen LogP contribution in [-0.2, 0) is 17.8 Å². The molecule has 5 heteroatoms. The quantitative estimate of drug-likeness (QED) is 0.851. The molecule has 110 valence electrons. The van der Waals surface area contributed by atoms with E-state index >= 15 is 0 Å². The van der Waals surface area contributed by atoms with E-state index < -0.39 is 6.09 Å². The number of nitrogens with zero attached hydrogens (tertiary/aromatic N) is 1. The van der Waals surface area contributed by atoms with Crippen LogP contribution >= 0.6 is 0 Å². The van der Waals surface area contributed by atoms with Crippen LogP contribution in [0.15, 0.2) is 54.9 Å². The van der Waals surface area contributed by atoms with Gasteiger partial charge in [0.25, 0.3) is 0 Å². The Hall–Kier alpha value is -2.40. The summed E-state index contributed by atoms with van der Waals surface area (Å²) in [6.45, 7) is 0.0584. The van der Waals surface area contributed by atoms with Crippen LogP contribution in [0.5, 0.6) is 0 Å². The Morgan fingerprint density at radius 3 is 2.52 bits per heavy atom.